The van der Waals surface area contributed by atoms with E-state index in [1.807, 2.05) is 6.92 Å². The Morgan fingerprint density at radius 1 is 1.00 bits per heavy atom. The summed E-state index contributed by atoms with van der Waals surface area (Å²) in [4.78, 5) is 0. The van der Waals surface area contributed by atoms with E-state index in [1.165, 1.54) is 0 Å². The van der Waals surface area contributed by atoms with Crippen molar-refractivity contribution in [2.75, 3.05) is 0 Å². The molecule has 0 aromatic carbocycles. The van der Waals surface area contributed by atoms with Crippen LogP contribution in [0.5, 0.6) is 0 Å². The smallest absolute Gasteiger partial charge is 0.242 e. The molecule has 4 heteroatoms. The second-order valence-electron chi connectivity index (χ2n) is 5.71. The fourth-order valence-electron chi connectivity index (χ4n) is 0.772. The van der Waals surface area contributed by atoms with Gasteiger partial charge >= 0.3 is 0 Å². The van der Waals surface area contributed by atoms with E-state index in [0.717, 1.165) is 11.3 Å². The Bertz CT molecular complexity index is 257. The van der Waals surface area contributed by atoms with Crippen molar-refractivity contribution in [2.45, 2.75) is 46.2 Å². The van der Waals surface area contributed by atoms with Gasteiger partial charge in [0.05, 0.1) is 0 Å². The van der Waals surface area contributed by atoms with Gasteiger partial charge in [0.1, 0.15) is 12.0 Å². The van der Waals surface area contributed by atoms with E-state index in [-0.39, 0.29) is 0 Å². The molecular weight excluding hydrogens is 220 g/mol. The van der Waals surface area contributed by atoms with Gasteiger partial charge in [-0.2, -0.15) is 0 Å². The van der Waals surface area contributed by atoms with Gasteiger partial charge in [0.25, 0.3) is 0 Å². The fraction of sp³-hybridized carbons (Fsp3) is 0.636. The molecular formula is C11H24O2Si2. The van der Waals surface area contributed by atoms with Crippen LogP contribution in [0, 0.1) is 0 Å². The van der Waals surface area contributed by atoms with E-state index in [4.69, 9.17) is 8.85 Å². The summed E-state index contributed by atoms with van der Waals surface area (Å²) in [6.45, 7) is 18.7. The molecule has 0 saturated carbocycles. The van der Waals surface area contributed by atoms with E-state index >= 15 is 0 Å². The lowest BCUT2D eigenvalue weighted by atomic mass is 10.3. The molecule has 0 spiro atoms. The van der Waals surface area contributed by atoms with Gasteiger partial charge in [-0.15, -0.1) is 0 Å². The van der Waals surface area contributed by atoms with Crippen LogP contribution in [-0.4, -0.2) is 16.6 Å². The van der Waals surface area contributed by atoms with Crippen molar-refractivity contribution >= 4 is 16.6 Å². The largest absolute Gasteiger partial charge is 0.547 e. The number of rotatable bonds is 5. The average Bonchev–Trinajstić information content (AvgIpc) is 1.93. The van der Waals surface area contributed by atoms with E-state index in [2.05, 4.69) is 45.9 Å². The first-order chi connectivity index (χ1) is 6.51. The average molecular weight is 244 g/mol. The standard InChI is InChI=1S/C11H24O2Si2/c1-10(2)11(13-15(6,7)8)9-12-14(3,4)5/h9H,1H2,2-8H3/b11-9-. The molecule has 0 bridgehead atoms. The zero-order valence-corrected chi connectivity index (χ0v) is 13.1. The Labute approximate surface area is 96.2 Å². The molecule has 0 N–H and O–H groups in total. The Morgan fingerprint density at radius 3 is 1.73 bits per heavy atom. The van der Waals surface area contributed by atoms with Crippen LogP contribution >= 0.6 is 0 Å². The van der Waals surface area contributed by atoms with Gasteiger partial charge in [0, 0.05) is 0 Å². The molecule has 0 rings (SSSR count). The third kappa shape index (κ3) is 8.50. The van der Waals surface area contributed by atoms with Crippen LogP contribution in [0.25, 0.3) is 0 Å². The molecule has 2 nitrogen and oxygen atoms in total. The monoisotopic (exact) mass is 244 g/mol. The van der Waals surface area contributed by atoms with Crippen molar-refractivity contribution in [2.24, 2.45) is 0 Å². The van der Waals surface area contributed by atoms with E-state index < -0.39 is 16.6 Å². The summed E-state index contributed by atoms with van der Waals surface area (Å²) in [7, 11) is -3.10. The summed E-state index contributed by atoms with van der Waals surface area (Å²) in [6.07, 6.45) is 1.74. The van der Waals surface area contributed by atoms with Crippen molar-refractivity contribution in [3.8, 4) is 0 Å². The van der Waals surface area contributed by atoms with E-state index in [1.54, 1.807) is 6.26 Å². The van der Waals surface area contributed by atoms with Crippen LogP contribution in [0.1, 0.15) is 6.92 Å². The van der Waals surface area contributed by atoms with Crippen molar-refractivity contribution in [1.29, 1.82) is 0 Å². The van der Waals surface area contributed by atoms with Gasteiger partial charge in [0.2, 0.25) is 16.6 Å². The highest BCUT2D eigenvalue weighted by molar-refractivity contribution is 6.70. The fourth-order valence-corrected chi connectivity index (χ4v) is 2.11. The van der Waals surface area contributed by atoms with Gasteiger partial charge in [-0.05, 0) is 51.8 Å². The maximum Gasteiger partial charge on any atom is 0.242 e. The Balaban J connectivity index is 4.62. The molecule has 0 radical (unpaired) electrons. The lowest BCUT2D eigenvalue weighted by molar-refractivity contribution is 0.384. The first kappa shape index (κ1) is 14.5. The summed E-state index contributed by atoms with van der Waals surface area (Å²) < 4.78 is 11.6. The molecule has 0 unspecified atom stereocenters. The van der Waals surface area contributed by atoms with E-state index in [9.17, 15) is 0 Å². The molecule has 0 atom stereocenters. The third-order valence-electron chi connectivity index (χ3n) is 1.36. The molecule has 15 heavy (non-hydrogen) atoms. The van der Waals surface area contributed by atoms with Crippen LogP contribution < -0.4 is 0 Å². The van der Waals surface area contributed by atoms with Gasteiger partial charge in [-0.3, -0.25) is 0 Å². The molecule has 0 aliphatic rings. The molecule has 0 fully saturated rings. The Morgan fingerprint density at radius 2 is 1.47 bits per heavy atom. The van der Waals surface area contributed by atoms with Crippen molar-refractivity contribution in [3.63, 3.8) is 0 Å². The summed E-state index contributed by atoms with van der Waals surface area (Å²) in [5.74, 6) is 0.802. The van der Waals surface area contributed by atoms with Gasteiger partial charge in [-0.25, -0.2) is 0 Å². The predicted octanol–water partition coefficient (Wildman–Crippen LogP) is 4.11. The second kappa shape index (κ2) is 5.03. The molecule has 0 aromatic heterocycles. The summed E-state index contributed by atoms with van der Waals surface area (Å²) in [5, 5.41) is 0. The van der Waals surface area contributed by atoms with Gasteiger partial charge < -0.3 is 8.85 Å². The number of hydrogen-bond donors (Lipinski definition) is 0. The molecule has 0 aliphatic carbocycles. The van der Waals surface area contributed by atoms with Crippen molar-refractivity contribution in [3.05, 3.63) is 24.2 Å². The maximum absolute atomic E-state index is 5.89. The molecule has 0 heterocycles. The highest BCUT2D eigenvalue weighted by atomic mass is 28.4. The summed E-state index contributed by atoms with van der Waals surface area (Å²) in [5.41, 5.74) is 0.927. The summed E-state index contributed by atoms with van der Waals surface area (Å²) >= 11 is 0. The van der Waals surface area contributed by atoms with Gasteiger partial charge in [0.15, 0.2) is 0 Å². The quantitative estimate of drug-likeness (QED) is 0.412. The maximum atomic E-state index is 5.89. The van der Waals surface area contributed by atoms with Crippen LogP contribution in [-0.2, 0) is 8.85 Å². The normalized spacial score (nSPS) is 13.7. The number of hydrogen-bond acceptors (Lipinski definition) is 2. The molecule has 0 aromatic rings. The van der Waals surface area contributed by atoms with Crippen LogP contribution in [0.15, 0.2) is 24.2 Å². The Hall–Kier alpha value is -0.486. The third-order valence-corrected chi connectivity index (χ3v) is 3.01. The topological polar surface area (TPSA) is 18.5 Å². The first-order valence-electron chi connectivity index (χ1n) is 5.24. The molecule has 88 valence electrons. The summed E-state index contributed by atoms with van der Waals surface area (Å²) in [6, 6.07) is 0. The Kier molecular flexibility index (Phi) is 4.87. The number of allylic oxidation sites excluding steroid dienone is 1. The minimum Gasteiger partial charge on any atom is -0.547 e. The zero-order chi connectivity index (χ0) is 12.3. The lowest BCUT2D eigenvalue weighted by Crippen LogP contribution is -2.27. The van der Waals surface area contributed by atoms with Crippen LogP contribution in [0.3, 0.4) is 0 Å². The van der Waals surface area contributed by atoms with Crippen molar-refractivity contribution in [1.82, 2.24) is 0 Å². The van der Waals surface area contributed by atoms with Crippen LogP contribution in [0.2, 0.25) is 39.3 Å². The van der Waals surface area contributed by atoms with Crippen molar-refractivity contribution < 1.29 is 8.85 Å². The molecule has 0 aliphatic heterocycles. The minimum atomic E-state index is -1.57. The highest BCUT2D eigenvalue weighted by Crippen LogP contribution is 2.17. The van der Waals surface area contributed by atoms with Crippen LogP contribution in [0.4, 0.5) is 0 Å². The van der Waals surface area contributed by atoms with E-state index in [0.29, 0.717) is 0 Å². The molecule has 0 saturated heterocycles. The first-order valence-corrected chi connectivity index (χ1v) is 12.1. The SMILES string of the molecule is C=C(C)/C(=C/O[Si](C)(C)C)O[Si](C)(C)C. The zero-order valence-electron chi connectivity index (χ0n) is 11.1. The predicted molar refractivity (Wildman–Crippen MR) is 71.8 cm³/mol. The minimum absolute atomic E-state index is 0.802. The highest BCUT2D eigenvalue weighted by Gasteiger charge is 2.20. The van der Waals surface area contributed by atoms with Gasteiger partial charge in [-0.1, -0.05) is 6.58 Å². The molecule has 0 amide bonds. The lowest BCUT2D eigenvalue weighted by Gasteiger charge is -2.23. The second-order valence-corrected chi connectivity index (χ2v) is 14.6.